The van der Waals surface area contributed by atoms with E-state index in [2.05, 4.69) is 22.8 Å². The van der Waals surface area contributed by atoms with Crippen molar-refractivity contribution in [1.82, 2.24) is 5.32 Å². The van der Waals surface area contributed by atoms with Gasteiger partial charge in [0.25, 0.3) is 0 Å². The molecule has 0 unspecified atom stereocenters. The van der Waals surface area contributed by atoms with Crippen LogP contribution in [0.3, 0.4) is 0 Å². The highest BCUT2D eigenvalue weighted by Crippen LogP contribution is 2.27. The van der Waals surface area contributed by atoms with Crippen LogP contribution in [-0.4, -0.2) is 28.9 Å². The molecule has 134 valence electrons. The molecular weight excluding hydrogens is 344 g/mol. The van der Waals surface area contributed by atoms with Crippen molar-refractivity contribution >= 4 is 29.3 Å². The normalized spacial score (nSPS) is 19.2. The van der Waals surface area contributed by atoms with E-state index < -0.39 is 0 Å². The Labute approximate surface area is 157 Å². The van der Waals surface area contributed by atoms with Crippen LogP contribution >= 0.6 is 11.8 Å². The molecule has 0 fully saturated rings. The highest BCUT2D eigenvalue weighted by atomic mass is 32.2. The molecule has 2 amide bonds. The number of thioether (sulfide) groups is 1. The second kappa shape index (κ2) is 7.54. The molecule has 2 aliphatic rings. The van der Waals surface area contributed by atoms with Crippen molar-refractivity contribution in [2.45, 2.75) is 37.0 Å². The van der Waals surface area contributed by atoms with Crippen LogP contribution in [0.15, 0.2) is 48.5 Å². The van der Waals surface area contributed by atoms with E-state index in [4.69, 9.17) is 0 Å². The SMILES string of the molecule is O=C(CS[C@@H]1CCc2ccccc2NC1=O)NC1Cc2ccccc2C1. The van der Waals surface area contributed by atoms with E-state index in [-0.39, 0.29) is 23.1 Å². The zero-order valence-electron chi connectivity index (χ0n) is 14.5. The minimum absolute atomic E-state index is 0.000946. The number of nitrogens with one attached hydrogen (secondary N) is 2. The van der Waals surface area contributed by atoms with E-state index in [0.717, 1.165) is 36.9 Å². The molecule has 4 rings (SSSR count). The molecule has 0 spiro atoms. The maximum Gasteiger partial charge on any atom is 0.237 e. The second-order valence-electron chi connectivity index (χ2n) is 6.93. The van der Waals surface area contributed by atoms with Gasteiger partial charge in [0.2, 0.25) is 11.8 Å². The first-order valence-electron chi connectivity index (χ1n) is 9.05. The standard InChI is InChI=1S/C21H22N2O2S/c24-20(22-17-11-15-6-1-2-7-16(15)12-17)13-26-19-10-9-14-5-3-4-8-18(14)23-21(19)25/h1-8,17,19H,9-13H2,(H,22,24)(H,23,25)/t19-/m1/s1. The minimum Gasteiger partial charge on any atom is -0.352 e. The Morgan fingerprint density at radius 2 is 1.69 bits per heavy atom. The monoisotopic (exact) mass is 366 g/mol. The average Bonchev–Trinajstić information content (AvgIpc) is 2.97. The van der Waals surface area contributed by atoms with E-state index in [1.54, 1.807) is 0 Å². The average molecular weight is 366 g/mol. The fourth-order valence-corrected chi connectivity index (χ4v) is 4.69. The topological polar surface area (TPSA) is 58.2 Å². The quantitative estimate of drug-likeness (QED) is 0.875. The Balaban J connectivity index is 1.28. The minimum atomic E-state index is -0.186. The summed E-state index contributed by atoms with van der Waals surface area (Å²) in [5.41, 5.74) is 4.71. The fraction of sp³-hybridized carbons (Fsp3) is 0.333. The third-order valence-corrected chi connectivity index (χ3v) is 6.36. The van der Waals surface area contributed by atoms with Gasteiger partial charge < -0.3 is 10.6 Å². The Kier molecular flexibility index (Phi) is 4.98. The lowest BCUT2D eigenvalue weighted by molar-refractivity contribution is -0.119. The Morgan fingerprint density at radius 3 is 2.42 bits per heavy atom. The van der Waals surface area contributed by atoms with E-state index in [1.165, 1.54) is 22.9 Å². The van der Waals surface area contributed by atoms with Crippen molar-refractivity contribution in [3.05, 3.63) is 65.2 Å². The summed E-state index contributed by atoms with van der Waals surface area (Å²) in [6.45, 7) is 0. The largest absolute Gasteiger partial charge is 0.352 e. The van der Waals surface area contributed by atoms with Gasteiger partial charge in [-0.05, 0) is 48.4 Å². The predicted octanol–water partition coefficient (Wildman–Crippen LogP) is 2.96. The molecule has 1 heterocycles. The fourth-order valence-electron chi connectivity index (χ4n) is 3.76. The van der Waals surface area contributed by atoms with Crippen LogP contribution in [0.25, 0.3) is 0 Å². The summed E-state index contributed by atoms with van der Waals surface area (Å²) in [5, 5.41) is 5.93. The molecule has 2 aromatic carbocycles. The lowest BCUT2D eigenvalue weighted by atomic mass is 10.1. The van der Waals surface area contributed by atoms with Gasteiger partial charge in [0.1, 0.15) is 0 Å². The molecule has 2 N–H and O–H groups in total. The van der Waals surface area contributed by atoms with E-state index in [0.29, 0.717) is 5.75 Å². The highest BCUT2D eigenvalue weighted by molar-refractivity contribution is 8.01. The van der Waals surface area contributed by atoms with Crippen LogP contribution < -0.4 is 10.6 Å². The Hall–Kier alpha value is -2.27. The third-order valence-electron chi connectivity index (χ3n) is 5.08. The highest BCUT2D eigenvalue weighted by Gasteiger charge is 2.26. The summed E-state index contributed by atoms with van der Waals surface area (Å²) in [6.07, 6.45) is 3.40. The van der Waals surface area contributed by atoms with Crippen LogP contribution in [0.1, 0.15) is 23.1 Å². The van der Waals surface area contributed by atoms with Gasteiger partial charge in [0, 0.05) is 11.7 Å². The van der Waals surface area contributed by atoms with Crippen molar-refractivity contribution in [2.75, 3.05) is 11.1 Å². The number of rotatable bonds is 4. The van der Waals surface area contributed by atoms with Gasteiger partial charge in [0.15, 0.2) is 0 Å². The zero-order valence-corrected chi connectivity index (χ0v) is 15.4. The van der Waals surface area contributed by atoms with Gasteiger partial charge in [-0.15, -0.1) is 11.8 Å². The molecule has 2 aromatic rings. The summed E-state index contributed by atoms with van der Waals surface area (Å²) in [4.78, 5) is 24.8. The van der Waals surface area contributed by atoms with Crippen molar-refractivity contribution in [3.63, 3.8) is 0 Å². The van der Waals surface area contributed by atoms with Crippen molar-refractivity contribution in [3.8, 4) is 0 Å². The summed E-state index contributed by atoms with van der Waals surface area (Å²) in [5.74, 6) is 0.338. The van der Waals surface area contributed by atoms with Crippen molar-refractivity contribution in [2.24, 2.45) is 0 Å². The van der Waals surface area contributed by atoms with Gasteiger partial charge in [-0.3, -0.25) is 9.59 Å². The molecule has 4 nitrogen and oxygen atoms in total. The molecule has 1 aliphatic heterocycles. The molecule has 26 heavy (non-hydrogen) atoms. The molecule has 0 saturated carbocycles. The van der Waals surface area contributed by atoms with Gasteiger partial charge >= 0.3 is 0 Å². The first-order chi connectivity index (χ1) is 12.7. The first kappa shape index (κ1) is 17.2. The number of benzene rings is 2. The molecule has 1 atom stereocenters. The Bertz CT molecular complexity index is 811. The summed E-state index contributed by atoms with van der Waals surface area (Å²) >= 11 is 1.44. The van der Waals surface area contributed by atoms with Crippen LogP contribution in [0.5, 0.6) is 0 Å². The molecular formula is C21H22N2O2S. The smallest absolute Gasteiger partial charge is 0.237 e. The number of hydrogen-bond acceptors (Lipinski definition) is 3. The summed E-state index contributed by atoms with van der Waals surface area (Å²) < 4.78 is 0. The number of carbonyl (C=O) groups is 2. The molecule has 0 saturated heterocycles. The number of para-hydroxylation sites is 1. The number of carbonyl (C=O) groups excluding carboxylic acids is 2. The van der Waals surface area contributed by atoms with Crippen LogP contribution in [-0.2, 0) is 28.9 Å². The van der Waals surface area contributed by atoms with Crippen LogP contribution in [0, 0.1) is 0 Å². The lowest BCUT2D eigenvalue weighted by Crippen LogP contribution is -2.37. The Morgan fingerprint density at radius 1 is 1.04 bits per heavy atom. The molecule has 0 aromatic heterocycles. The number of aryl methyl sites for hydroxylation is 1. The summed E-state index contributed by atoms with van der Waals surface area (Å²) in [6, 6.07) is 16.4. The van der Waals surface area contributed by atoms with Gasteiger partial charge in [-0.2, -0.15) is 0 Å². The summed E-state index contributed by atoms with van der Waals surface area (Å²) in [7, 11) is 0. The molecule has 1 aliphatic carbocycles. The van der Waals surface area contributed by atoms with E-state index in [1.807, 2.05) is 36.4 Å². The molecule has 0 bridgehead atoms. The predicted molar refractivity (Wildman–Crippen MR) is 105 cm³/mol. The van der Waals surface area contributed by atoms with Crippen LogP contribution in [0.2, 0.25) is 0 Å². The third kappa shape index (κ3) is 3.78. The second-order valence-corrected chi connectivity index (χ2v) is 8.12. The van der Waals surface area contributed by atoms with Crippen molar-refractivity contribution < 1.29 is 9.59 Å². The number of amides is 2. The van der Waals surface area contributed by atoms with Gasteiger partial charge in [-0.1, -0.05) is 42.5 Å². The maximum atomic E-state index is 12.4. The van der Waals surface area contributed by atoms with Crippen molar-refractivity contribution in [1.29, 1.82) is 0 Å². The molecule has 0 radical (unpaired) electrons. The number of fused-ring (bicyclic) bond motifs is 2. The zero-order chi connectivity index (χ0) is 17.9. The van der Waals surface area contributed by atoms with E-state index >= 15 is 0 Å². The van der Waals surface area contributed by atoms with Gasteiger partial charge in [-0.25, -0.2) is 0 Å². The lowest BCUT2D eigenvalue weighted by Gasteiger charge is -2.15. The number of anilines is 1. The van der Waals surface area contributed by atoms with Crippen LogP contribution in [0.4, 0.5) is 5.69 Å². The van der Waals surface area contributed by atoms with Gasteiger partial charge in [0.05, 0.1) is 11.0 Å². The maximum absolute atomic E-state index is 12.4. The number of hydrogen-bond donors (Lipinski definition) is 2. The van der Waals surface area contributed by atoms with E-state index in [9.17, 15) is 9.59 Å². The first-order valence-corrected chi connectivity index (χ1v) is 10.1. The molecule has 5 heteroatoms.